The molecule has 0 saturated carbocycles. The number of amides is 1. The Hall–Kier alpha value is -0.580. The Balaban J connectivity index is 0.00000180. The molecule has 0 aliphatic carbocycles. The summed E-state index contributed by atoms with van der Waals surface area (Å²) < 4.78 is 1.03. The zero-order valence-corrected chi connectivity index (χ0v) is 13.5. The zero-order valence-electron chi connectivity index (χ0n) is 11.1. The van der Waals surface area contributed by atoms with Crippen LogP contribution in [-0.4, -0.2) is 37.5 Å². The van der Waals surface area contributed by atoms with Gasteiger partial charge < -0.3 is 10.2 Å². The van der Waals surface area contributed by atoms with Gasteiger partial charge in [0, 0.05) is 17.6 Å². The highest BCUT2D eigenvalue weighted by Gasteiger charge is 2.25. The van der Waals surface area contributed by atoms with Crippen LogP contribution in [0.1, 0.15) is 12.0 Å². The van der Waals surface area contributed by atoms with Crippen molar-refractivity contribution in [3.05, 3.63) is 34.3 Å². The molecule has 1 saturated heterocycles. The van der Waals surface area contributed by atoms with E-state index in [0.29, 0.717) is 12.3 Å². The van der Waals surface area contributed by atoms with Gasteiger partial charge in [-0.05, 0) is 43.6 Å². The molecule has 3 nitrogen and oxygen atoms in total. The smallest absolute Gasteiger partial charge is 0.227 e. The first-order chi connectivity index (χ1) is 8.69. The van der Waals surface area contributed by atoms with E-state index in [1.165, 1.54) is 0 Å². The third-order valence-electron chi connectivity index (χ3n) is 3.38. The van der Waals surface area contributed by atoms with Gasteiger partial charge in [0.25, 0.3) is 0 Å². The molecule has 1 amide bonds. The maximum Gasteiger partial charge on any atom is 0.227 e. The van der Waals surface area contributed by atoms with Crippen LogP contribution in [0.25, 0.3) is 0 Å². The summed E-state index contributed by atoms with van der Waals surface area (Å²) in [5, 5.41) is 3.18. The van der Waals surface area contributed by atoms with E-state index in [2.05, 4.69) is 21.2 Å². The summed E-state index contributed by atoms with van der Waals surface area (Å²) in [5.74, 6) is 0.855. The Morgan fingerprint density at radius 3 is 3.00 bits per heavy atom. The molecule has 5 heteroatoms. The van der Waals surface area contributed by atoms with Crippen molar-refractivity contribution >= 4 is 34.2 Å². The van der Waals surface area contributed by atoms with E-state index in [0.717, 1.165) is 36.1 Å². The minimum absolute atomic E-state index is 0. The molecule has 0 bridgehead atoms. The molecule has 1 aliphatic heterocycles. The molecule has 1 aromatic carbocycles. The molecule has 2 rings (SSSR count). The van der Waals surface area contributed by atoms with Crippen molar-refractivity contribution < 1.29 is 4.79 Å². The van der Waals surface area contributed by atoms with Gasteiger partial charge >= 0.3 is 0 Å². The van der Waals surface area contributed by atoms with Crippen molar-refractivity contribution in [3.63, 3.8) is 0 Å². The highest BCUT2D eigenvalue weighted by Crippen LogP contribution is 2.18. The van der Waals surface area contributed by atoms with E-state index < -0.39 is 0 Å². The maximum absolute atomic E-state index is 12.2. The monoisotopic (exact) mass is 346 g/mol. The van der Waals surface area contributed by atoms with Gasteiger partial charge in [-0.25, -0.2) is 0 Å². The van der Waals surface area contributed by atoms with Crippen LogP contribution in [0.15, 0.2) is 28.7 Å². The average molecular weight is 348 g/mol. The van der Waals surface area contributed by atoms with Gasteiger partial charge in [-0.15, -0.1) is 12.4 Å². The lowest BCUT2D eigenvalue weighted by atomic mass is 10.1. The van der Waals surface area contributed by atoms with Crippen molar-refractivity contribution in [2.45, 2.75) is 12.8 Å². The van der Waals surface area contributed by atoms with Crippen LogP contribution in [0, 0.1) is 5.92 Å². The van der Waals surface area contributed by atoms with Gasteiger partial charge in [0.1, 0.15) is 0 Å². The second kappa shape index (κ2) is 7.88. The molecule has 0 aromatic heterocycles. The Morgan fingerprint density at radius 2 is 2.32 bits per heavy atom. The average Bonchev–Trinajstić information content (AvgIpc) is 2.78. The zero-order chi connectivity index (χ0) is 13.0. The predicted octanol–water partition coefficient (Wildman–Crippen LogP) is 2.48. The standard InChI is InChI=1S/C14H19BrN2O.ClH/c1-16-9-12-5-6-17(10-12)14(18)8-11-3-2-4-13(15)7-11;/h2-4,7,12,16H,5-6,8-10H2,1H3;1H. The summed E-state index contributed by atoms with van der Waals surface area (Å²) in [7, 11) is 1.96. The maximum atomic E-state index is 12.2. The van der Waals surface area contributed by atoms with Crippen molar-refractivity contribution in [3.8, 4) is 0 Å². The summed E-state index contributed by atoms with van der Waals surface area (Å²) in [6, 6.07) is 7.97. The first kappa shape index (κ1) is 16.5. The van der Waals surface area contributed by atoms with Crippen molar-refractivity contribution in [1.82, 2.24) is 10.2 Å². The summed E-state index contributed by atoms with van der Waals surface area (Å²) in [4.78, 5) is 14.2. The largest absolute Gasteiger partial charge is 0.342 e. The Bertz CT molecular complexity index is 428. The molecule has 1 fully saturated rings. The lowest BCUT2D eigenvalue weighted by molar-refractivity contribution is -0.129. The summed E-state index contributed by atoms with van der Waals surface area (Å²) in [5.41, 5.74) is 1.08. The number of likely N-dealkylation sites (tertiary alicyclic amines) is 1. The number of carbonyl (C=O) groups is 1. The first-order valence-electron chi connectivity index (χ1n) is 6.36. The molecule has 19 heavy (non-hydrogen) atoms. The van der Waals surface area contributed by atoms with E-state index in [4.69, 9.17) is 0 Å². The Labute approximate surface area is 129 Å². The molecular weight excluding hydrogens is 328 g/mol. The number of nitrogens with zero attached hydrogens (tertiary/aromatic N) is 1. The molecule has 1 aliphatic rings. The normalized spacial score (nSPS) is 18.2. The molecule has 1 heterocycles. The number of hydrogen-bond donors (Lipinski definition) is 1. The topological polar surface area (TPSA) is 32.3 Å². The minimum atomic E-state index is 0. The molecule has 0 spiro atoms. The minimum Gasteiger partial charge on any atom is -0.342 e. The van der Waals surface area contributed by atoms with E-state index in [9.17, 15) is 4.79 Å². The molecule has 1 atom stereocenters. The molecule has 0 radical (unpaired) electrons. The quantitative estimate of drug-likeness (QED) is 0.907. The third kappa shape index (κ3) is 4.79. The van der Waals surface area contributed by atoms with Gasteiger partial charge in [0.2, 0.25) is 5.91 Å². The Morgan fingerprint density at radius 1 is 1.53 bits per heavy atom. The highest BCUT2D eigenvalue weighted by molar-refractivity contribution is 9.10. The lowest BCUT2D eigenvalue weighted by Gasteiger charge is -2.16. The highest BCUT2D eigenvalue weighted by atomic mass is 79.9. The van der Waals surface area contributed by atoms with Gasteiger partial charge in [-0.2, -0.15) is 0 Å². The molecule has 1 unspecified atom stereocenters. The van der Waals surface area contributed by atoms with Crippen LogP contribution in [0.4, 0.5) is 0 Å². The number of carbonyl (C=O) groups excluding carboxylic acids is 1. The molecular formula is C14H20BrClN2O. The second-order valence-corrected chi connectivity index (χ2v) is 5.77. The van der Waals surface area contributed by atoms with Crippen LogP contribution < -0.4 is 5.32 Å². The van der Waals surface area contributed by atoms with E-state index in [-0.39, 0.29) is 18.3 Å². The summed E-state index contributed by atoms with van der Waals surface area (Å²) >= 11 is 3.43. The lowest BCUT2D eigenvalue weighted by Crippen LogP contribution is -2.31. The van der Waals surface area contributed by atoms with Gasteiger partial charge in [-0.3, -0.25) is 4.79 Å². The van der Waals surface area contributed by atoms with E-state index in [1.54, 1.807) is 0 Å². The first-order valence-corrected chi connectivity index (χ1v) is 7.15. The van der Waals surface area contributed by atoms with Gasteiger partial charge in [0.05, 0.1) is 6.42 Å². The fourth-order valence-electron chi connectivity index (χ4n) is 2.45. The fraction of sp³-hybridized carbons (Fsp3) is 0.500. The summed E-state index contributed by atoms with van der Waals surface area (Å²) in [6.45, 7) is 2.80. The van der Waals surface area contributed by atoms with E-state index in [1.807, 2.05) is 36.2 Å². The van der Waals surface area contributed by atoms with Gasteiger partial charge in [0.15, 0.2) is 0 Å². The number of nitrogens with one attached hydrogen (secondary N) is 1. The SMILES string of the molecule is CNCC1CCN(C(=O)Cc2cccc(Br)c2)C1.Cl. The van der Waals surface area contributed by atoms with Crippen molar-refractivity contribution in [2.75, 3.05) is 26.7 Å². The van der Waals surface area contributed by atoms with E-state index >= 15 is 0 Å². The predicted molar refractivity (Wildman–Crippen MR) is 83.7 cm³/mol. The van der Waals surface area contributed by atoms with Crippen molar-refractivity contribution in [2.24, 2.45) is 5.92 Å². The van der Waals surface area contributed by atoms with Crippen LogP contribution in [-0.2, 0) is 11.2 Å². The van der Waals surface area contributed by atoms with Gasteiger partial charge in [-0.1, -0.05) is 28.1 Å². The fourth-order valence-corrected chi connectivity index (χ4v) is 2.89. The number of rotatable bonds is 4. The third-order valence-corrected chi connectivity index (χ3v) is 3.87. The van der Waals surface area contributed by atoms with Crippen molar-refractivity contribution in [1.29, 1.82) is 0 Å². The summed E-state index contributed by atoms with van der Waals surface area (Å²) in [6.07, 6.45) is 1.62. The molecule has 1 aromatic rings. The van der Waals surface area contributed by atoms with Crippen LogP contribution >= 0.6 is 28.3 Å². The van der Waals surface area contributed by atoms with Crippen LogP contribution in [0.5, 0.6) is 0 Å². The van der Waals surface area contributed by atoms with Crippen LogP contribution in [0.3, 0.4) is 0 Å². The number of benzene rings is 1. The molecule has 1 N–H and O–H groups in total. The second-order valence-electron chi connectivity index (χ2n) is 4.86. The Kier molecular flexibility index (Phi) is 6.83. The number of halogens is 2. The molecule has 106 valence electrons. The van der Waals surface area contributed by atoms with Crippen LogP contribution in [0.2, 0.25) is 0 Å². The number of hydrogen-bond acceptors (Lipinski definition) is 2.